The van der Waals surface area contributed by atoms with E-state index in [1.165, 1.54) is 0 Å². The van der Waals surface area contributed by atoms with Crippen molar-refractivity contribution in [2.75, 3.05) is 13.1 Å². The molecule has 0 aromatic carbocycles. The predicted octanol–water partition coefficient (Wildman–Crippen LogP) is 0.944. The number of amides is 1. The van der Waals surface area contributed by atoms with E-state index in [2.05, 4.69) is 9.97 Å². The molecule has 1 amide bonds. The van der Waals surface area contributed by atoms with Gasteiger partial charge in [-0.2, -0.15) is 0 Å². The van der Waals surface area contributed by atoms with Gasteiger partial charge in [0.05, 0.1) is 12.0 Å². The van der Waals surface area contributed by atoms with Crippen LogP contribution in [0.2, 0.25) is 0 Å². The largest absolute Gasteiger partial charge is 0.340 e. The maximum absolute atomic E-state index is 13.0. The number of fused-ring (bicyclic) bond motifs is 1. The van der Waals surface area contributed by atoms with Crippen LogP contribution in [0.1, 0.15) is 52.5 Å². The molecule has 0 saturated carbocycles. The van der Waals surface area contributed by atoms with Gasteiger partial charge in [-0.25, -0.2) is 4.98 Å². The Kier molecular flexibility index (Phi) is 4.40. The van der Waals surface area contributed by atoms with Crippen molar-refractivity contribution in [3.8, 4) is 0 Å². The number of rotatable bonds is 2. The molecule has 138 valence electrons. The number of likely N-dealkylation sites (tertiary alicyclic amines) is 1. The summed E-state index contributed by atoms with van der Waals surface area (Å²) in [5.74, 6) is -0.229. The molecule has 7 heteroatoms. The molecule has 0 bridgehead atoms. The van der Waals surface area contributed by atoms with Gasteiger partial charge in [-0.15, -0.1) is 0 Å². The predicted molar refractivity (Wildman–Crippen MR) is 98.1 cm³/mol. The zero-order valence-electron chi connectivity index (χ0n) is 15.1. The van der Waals surface area contributed by atoms with Crippen LogP contribution in [0.15, 0.2) is 23.4 Å². The highest BCUT2D eigenvalue weighted by Crippen LogP contribution is 2.26. The number of carbonyl (C=O) groups is 1. The second-order valence-electron chi connectivity index (χ2n) is 7.52. The van der Waals surface area contributed by atoms with Crippen molar-refractivity contribution in [3.05, 3.63) is 51.5 Å². The monoisotopic (exact) mass is 355 g/mol. The summed E-state index contributed by atoms with van der Waals surface area (Å²) in [5.41, 5.74) is 9.21. The first kappa shape index (κ1) is 17.0. The lowest BCUT2D eigenvalue weighted by atomic mass is 10.0. The first-order valence-corrected chi connectivity index (χ1v) is 9.30. The number of aromatic nitrogens is 3. The van der Waals surface area contributed by atoms with Crippen molar-refractivity contribution < 1.29 is 4.79 Å². The summed E-state index contributed by atoms with van der Waals surface area (Å²) in [6.45, 7) is 0.935. The second kappa shape index (κ2) is 6.72. The molecule has 7 nitrogen and oxygen atoms in total. The van der Waals surface area contributed by atoms with E-state index in [0.717, 1.165) is 49.1 Å². The number of nitrogens with two attached hydrogens (primary N) is 1. The number of imidazole rings is 1. The summed E-state index contributed by atoms with van der Waals surface area (Å²) < 4.78 is 1.88. The van der Waals surface area contributed by atoms with Gasteiger partial charge in [-0.05, 0) is 37.3 Å². The smallest absolute Gasteiger partial charge is 0.261 e. The van der Waals surface area contributed by atoms with Crippen LogP contribution < -0.4 is 11.3 Å². The topological polar surface area (TPSA) is 97.0 Å². The van der Waals surface area contributed by atoms with Gasteiger partial charge in [0.2, 0.25) is 0 Å². The minimum Gasteiger partial charge on any atom is -0.340 e. The zero-order valence-corrected chi connectivity index (χ0v) is 15.1. The van der Waals surface area contributed by atoms with Crippen molar-refractivity contribution in [1.82, 2.24) is 19.4 Å². The Balaban J connectivity index is 1.58. The van der Waals surface area contributed by atoms with Crippen LogP contribution in [0.25, 0.3) is 0 Å². The fourth-order valence-electron chi connectivity index (χ4n) is 4.11. The van der Waals surface area contributed by atoms with Gasteiger partial charge in [0.25, 0.3) is 11.5 Å². The molecule has 0 unspecified atom stereocenters. The number of hydrogen-bond donors (Lipinski definition) is 2. The molecule has 2 atom stereocenters. The molecule has 4 rings (SSSR count). The summed E-state index contributed by atoms with van der Waals surface area (Å²) >= 11 is 0. The third kappa shape index (κ3) is 3.07. The Morgan fingerprint density at radius 2 is 2.08 bits per heavy atom. The minimum absolute atomic E-state index is 0.0000545. The van der Waals surface area contributed by atoms with Gasteiger partial charge in [0.15, 0.2) is 0 Å². The van der Waals surface area contributed by atoms with Gasteiger partial charge >= 0.3 is 0 Å². The third-order valence-electron chi connectivity index (χ3n) is 5.58. The fourth-order valence-corrected chi connectivity index (χ4v) is 4.11. The van der Waals surface area contributed by atoms with Crippen LogP contribution in [0.3, 0.4) is 0 Å². The lowest BCUT2D eigenvalue weighted by molar-refractivity contribution is 0.0787. The number of pyridine rings is 1. The number of carbonyl (C=O) groups excluding carboxylic acids is 1. The number of nitrogens with one attached hydrogen (secondary N) is 1. The van der Waals surface area contributed by atoms with E-state index in [1.54, 1.807) is 17.3 Å². The molecule has 1 aliphatic carbocycles. The molecule has 0 radical (unpaired) electrons. The minimum atomic E-state index is -0.287. The lowest BCUT2D eigenvalue weighted by Gasteiger charge is -2.16. The number of aryl methyl sites for hydroxylation is 3. The normalized spacial score (nSPS) is 22.9. The first-order chi connectivity index (χ1) is 12.5. The summed E-state index contributed by atoms with van der Waals surface area (Å²) in [4.78, 5) is 34.5. The molecule has 2 aromatic heterocycles. The highest BCUT2D eigenvalue weighted by molar-refractivity contribution is 5.94. The van der Waals surface area contributed by atoms with Gasteiger partial charge in [0, 0.05) is 44.0 Å². The van der Waals surface area contributed by atoms with E-state index in [0.29, 0.717) is 13.1 Å². The van der Waals surface area contributed by atoms with Crippen molar-refractivity contribution in [1.29, 1.82) is 0 Å². The molecular weight excluding hydrogens is 330 g/mol. The standard InChI is InChI=1S/C19H25N5O2/c1-23-10-17(21-11-23)14-8-24(9-15(14)20)19(26)13-7-12-5-3-2-4-6-16(12)22-18(13)25/h7,10-11,14-15H,2-6,8-9,20H2,1H3,(H,22,25)/t14-,15-/m1/s1. The number of hydrogen-bond acceptors (Lipinski definition) is 4. The van der Waals surface area contributed by atoms with E-state index < -0.39 is 0 Å². The van der Waals surface area contributed by atoms with Crippen molar-refractivity contribution in [2.45, 2.75) is 44.1 Å². The molecule has 3 N–H and O–H groups in total. The van der Waals surface area contributed by atoms with Crippen molar-refractivity contribution in [2.24, 2.45) is 12.8 Å². The van der Waals surface area contributed by atoms with E-state index in [9.17, 15) is 9.59 Å². The van der Waals surface area contributed by atoms with Gasteiger partial charge < -0.3 is 20.2 Å². The van der Waals surface area contributed by atoms with Crippen LogP contribution in [0.4, 0.5) is 0 Å². The molecule has 1 aliphatic heterocycles. The second-order valence-corrected chi connectivity index (χ2v) is 7.52. The molecule has 1 fully saturated rings. The summed E-state index contributed by atoms with van der Waals surface area (Å²) in [6.07, 6.45) is 8.83. The van der Waals surface area contributed by atoms with Crippen molar-refractivity contribution >= 4 is 5.91 Å². The molecular formula is C19H25N5O2. The zero-order chi connectivity index (χ0) is 18.3. The Labute approximate surface area is 152 Å². The molecule has 2 aliphatic rings. The molecule has 3 heterocycles. The quantitative estimate of drug-likeness (QED) is 0.784. The highest BCUT2D eigenvalue weighted by Gasteiger charge is 2.36. The van der Waals surface area contributed by atoms with E-state index in [4.69, 9.17) is 5.73 Å². The van der Waals surface area contributed by atoms with Gasteiger partial charge in [-0.1, -0.05) is 6.42 Å². The number of nitrogens with zero attached hydrogens (tertiary/aromatic N) is 3. The highest BCUT2D eigenvalue weighted by atomic mass is 16.2. The Morgan fingerprint density at radius 3 is 2.85 bits per heavy atom. The molecule has 0 spiro atoms. The van der Waals surface area contributed by atoms with Gasteiger partial charge in [0.1, 0.15) is 5.56 Å². The maximum atomic E-state index is 13.0. The van der Waals surface area contributed by atoms with Crippen molar-refractivity contribution in [3.63, 3.8) is 0 Å². The van der Waals surface area contributed by atoms with Crippen LogP contribution in [0, 0.1) is 0 Å². The van der Waals surface area contributed by atoms with Crippen LogP contribution >= 0.6 is 0 Å². The summed E-state index contributed by atoms with van der Waals surface area (Å²) in [5, 5.41) is 0. The molecule has 1 saturated heterocycles. The number of aromatic amines is 1. The molecule has 2 aromatic rings. The third-order valence-corrected chi connectivity index (χ3v) is 5.58. The maximum Gasteiger partial charge on any atom is 0.261 e. The molecule has 26 heavy (non-hydrogen) atoms. The lowest BCUT2D eigenvalue weighted by Crippen LogP contribution is -2.35. The first-order valence-electron chi connectivity index (χ1n) is 9.30. The average Bonchev–Trinajstić information content (AvgIpc) is 3.13. The fraction of sp³-hybridized carbons (Fsp3) is 0.526. The Bertz CT molecular complexity index is 884. The Hall–Kier alpha value is -2.41. The van der Waals surface area contributed by atoms with E-state index >= 15 is 0 Å². The van der Waals surface area contributed by atoms with E-state index in [-0.39, 0.29) is 29.0 Å². The Morgan fingerprint density at radius 1 is 1.27 bits per heavy atom. The van der Waals surface area contributed by atoms with Gasteiger partial charge in [-0.3, -0.25) is 9.59 Å². The SMILES string of the molecule is Cn1cnc([C@@H]2CN(C(=O)c3cc4c([nH]c3=O)CCCCC4)C[C@H]2N)c1. The average molecular weight is 355 g/mol. The number of H-pyrrole nitrogens is 1. The van der Waals surface area contributed by atoms with Crippen LogP contribution in [-0.4, -0.2) is 44.5 Å². The summed E-state index contributed by atoms with van der Waals surface area (Å²) in [7, 11) is 1.91. The van der Waals surface area contributed by atoms with Crippen LogP contribution in [0.5, 0.6) is 0 Å². The van der Waals surface area contributed by atoms with Crippen LogP contribution in [-0.2, 0) is 19.9 Å². The van der Waals surface area contributed by atoms with E-state index in [1.807, 2.05) is 17.8 Å². The summed E-state index contributed by atoms with van der Waals surface area (Å²) in [6, 6.07) is 1.63.